The van der Waals surface area contributed by atoms with Crippen molar-refractivity contribution in [1.29, 1.82) is 0 Å². The summed E-state index contributed by atoms with van der Waals surface area (Å²) in [7, 11) is 0. The maximum atomic E-state index is 5.06. The molecule has 0 N–H and O–H groups in total. The van der Waals surface area contributed by atoms with Gasteiger partial charge >= 0.3 is 0 Å². The largest absolute Gasteiger partial charge is 0.341 e. The number of piperidine rings is 2. The first-order valence-electron chi connectivity index (χ1n) is 11.8. The summed E-state index contributed by atoms with van der Waals surface area (Å²) < 4.78 is 0. The molecule has 1 aliphatic carbocycles. The van der Waals surface area contributed by atoms with Crippen LogP contribution in [0.2, 0.25) is 0 Å². The Morgan fingerprint density at radius 2 is 1.07 bits per heavy atom. The molecule has 3 fully saturated rings. The Balaban J connectivity index is 1.60. The van der Waals surface area contributed by atoms with Gasteiger partial charge in [-0.25, -0.2) is 0 Å². The van der Waals surface area contributed by atoms with Gasteiger partial charge in [0.2, 0.25) is 11.9 Å². The normalized spacial score (nSPS) is 28.4. The van der Waals surface area contributed by atoms with Gasteiger partial charge in [-0.15, -0.1) is 0 Å². The maximum Gasteiger partial charge on any atom is 0.230 e. The van der Waals surface area contributed by atoms with Gasteiger partial charge in [0.1, 0.15) is 5.82 Å². The molecule has 1 aromatic rings. The summed E-state index contributed by atoms with van der Waals surface area (Å²) in [5.74, 6) is 5.97. The van der Waals surface area contributed by atoms with Gasteiger partial charge in [-0.1, -0.05) is 40.0 Å². The Hall–Kier alpha value is -1.39. The molecule has 1 saturated carbocycles. The molecule has 0 aromatic carbocycles. The van der Waals surface area contributed by atoms with Gasteiger partial charge in [-0.2, -0.15) is 15.0 Å². The number of hydrogen-bond donors (Lipinski definition) is 0. The van der Waals surface area contributed by atoms with Gasteiger partial charge in [-0.3, -0.25) is 0 Å². The third-order valence-electron chi connectivity index (χ3n) is 7.38. The molecule has 2 aliphatic heterocycles. The highest BCUT2D eigenvalue weighted by atomic mass is 15.3. The third kappa shape index (κ3) is 4.77. The number of aromatic nitrogens is 3. The van der Waals surface area contributed by atoms with Gasteiger partial charge in [0.05, 0.1) is 0 Å². The zero-order valence-electron chi connectivity index (χ0n) is 18.2. The van der Waals surface area contributed by atoms with Crippen LogP contribution in [0.1, 0.15) is 90.3 Å². The molecule has 3 heterocycles. The van der Waals surface area contributed by atoms with Crippen LogP contribution in [0.15, 0.2) is 0 Å². The SMILES string of the molecule is CC1CCCC(c2nc(N3CCC(C)CC3)nc(N3CCC(C)CC3)n2)CC1. The van der Waals surface area contributed by atoms with E-state index >= 15 is 0 Å². The highest BCUT2D eigenvalue weighted by Gasteiger charge is 2.26. The first kappa shape index (κ1) is 19.9. The van der Waals surface area contributed by atoms with E-state index in [1.54, 1.807) is 0 Å². The van der Waals surface area contributed by atoms with Crippen LogP contribution in [0.4, 0.5) is 11.9 Å². The van der Waals surface area contributed by atoms with E-state index in [0.717, 1.165) is 61.7 Å². The summed E-state index contributed by atoms with van der Waals surface area (Å²) in [5, 5.41) is 0. The first-order chi connectivity index (χ1) is 13.6. The van der Waals surface area contributed by atoms with E-state index in [4.69, 9.17) is 15.0 Å². The van der Waals surface area contributed by atoms with Crippen molar-refractivity contribution < 1.29 is 0 Å². The topological polar surface area (TPSA) is 45.2 Å². The summed E-state index contributed by atoms with van der Waals surface area (Å²) in [4.78, 5) is 19.9. The van der Waals surface area contributed by atoms with Crippen LogP contribution >= 0.6 is 0 Å². The minimum Gasteiger partial charge on any atom is -0.341 e. The lowest BCUT2D eigenvalue weighted by molar-refractivity contribution is 0.426. The van der Waals surface area contributed by atoms with Crippen molar-refractivity contribution >= 4 is 11.9 Å². The molecule has 2 atom stereocenters. The molecule has 156 valence electrons. The van der Waals surface area contributed by atoms with Crippen LogP contribution in [0.3, 0.4) is 0 Å². The van der Waals surface area contributed by atoms with Crippen molar-refractivity contribution in [3.05, 3.63) is 5.82 Å². The number of anilines is 2. The van der Waals surface area contributed by atoms with E-state index in [2.05, 4.69) is 30.6 Å². The van der Waals surface area contributed by atoms with Crippen LogP contribution in [-0.4, -0.2) is 41.1 Å². The van der Waals surface area contributed by atoms with E-state index in [1.807, 2.05) is 0 Å². The van der Waals surface area contributed by atoms with Crippen LogP contribution in [-0.2, 0) is 0 Å². The Morgan fingerprint density at radius 3 is 1.61 bits per heavy atom. The van der Waals surface area contributed by atoms with Crippen LogP contribution in [0.5, 0.6) is 0 Å². The van der Waals surface area contributed by atoms with Gasteiger partial charge in [0.25, 0.3) is 0 Å². The van der Waals surface area contributed by atoms with Gasteiger partial charge in [0, 0.05) is 32.1 Å². The maximum absolute atomic E-state index is 5.06. The van der Waals surface area contributed by atoms with Crippen molar-refractivity contribution in [3.63, 3.8) is 0 Å². The van der Waals surface area contributed by atoms with Gasteiger partial charge in [-0.05, 0) is 56.3 Å². The molecule has 0 bridgehead atoms. The monoisotopic (exact) mass is 385 g/mol. The van der Waals surface area contributed by atoms with Crippen LogP contribution in [0, 0.1) is 17.8 Å². The lowest BCUT2D eigenvalue weighted by Gasteiger charge is -2.33. The summed E-state index contributed by atoms with van der Waals surface area (Å²) in [6.07, 6.45) is 11.4. The second kappa shape index (κ2) is 8.96. The lowest BCUT2D eigenvalue weighted by atomic mass is 9.98. The van der Waals surface area contributed by atoms with Crippen molar-refractivity contribution in [2.24, 2.45) is 17.8 Å². The molecule has 4 rings (SSSR count). The lowest BCUT2D eigenvalue weighted by Crippen LogP contribution is -2.37. The molecule has 28 heavy (non-hydrogen) atoms. The molecular formula is C23H39N5. The van der Waals surface area contributed by atoms with Gasteiger partial charge < -0.3 is 9.80 Å². The van der Waals surface area contributed by atoms with E-state index in [0.29, 0.717) is 5.92 Å². The predicted octanol–water partition coefficient (Wildman–Crippen LogP) is 5.03. The van der Waals surface area contributed by atoms with Crippen molar-refractivity contribution in [2.45, 2.75) is 84.5 Å². The van der Waals surface area contributed by atoms with E-state index in [-0.39, 0.29) is 0 Å². The summed E-state index contributed by atoms with van der Waals surface area (Å²) in [5.41, 5.74) is 0. The first-order valence-corrected chi connectivity index (χ1v) is 11.8. The average molecular weight is 386 g/mol. The third-order valence-corrected chi connectivity index (χ3v) is 7.38. The second-order valence-corrected chi connectivity index (χ2v) is 9.94. The molecule has 1 aromatic heterocycles. The van der Waals surface area contributed by atoms with E-state index in [9.17, 15) is 0 Å². The van der Waals surface area contributed by atoms with Crippen molar-refractivity contribution in [3.8, 4) is 0 Å². The van der Waals surface area contributed by atoms with E-state index < -0.39 is 0 Å². The quantitative estimate of drug-likeness (QED) is 0.683. The zero-order chi connectivity index (χ0) is 19.5. The number of nitrogens with zero attached hydrogens (tertiary/aromatic N) is 5. The Bertz CT molecular complexity index is 592. The molecule has 5 nitrogen and oxygen atoms in total. The molecule has 0 radical (unpaired) electrons. The zero-order valence-corrected chi connectivity index (χ0v) is 18.2. The predicted molar refractivity (Wildman–Crippen MR) is 116 cm³/mol. The Morgan fingerprint density at radius 1 is 0.571 bits per heavy atom. The number of rotatable bonds is 3. The smallest absolute Gasteiger partial charge is 0.230 e. The summed E-state index contributed by atoms with van der Waals surface area (Å²) in [6, 6.07) is 0. The minimum absolute atomic E-state index is 0.512. The average Bonchev–Trinajstić information content (AvgIpc) is 2.93. The number of hydrogen-bond acceptors (Lipinski definition) is 5. The van der Waals surface area contributed by atoms with Crippen molar-refractivity contribution in [1.82, 2.24) is 15.0 Å². The highest BCUT2D eigenvalue weighted by molar-refractivity contribution is 5.40. The molecular weight excluding hydrogens is 346 g/mol. The highest BCUT2D eigenvalue weighted by Crippen LogP contribution is 2.34. The van der Waals surface area contributed by atoms with Crippen LogP contribution < -0.4 is 9.80 Å². The standard InChI is InChI=1S/C23H39N5/c1-17-5-4-6-20(8-7-17)21-24-22(27-13-9-18(2)10-14-27)26-23(25-21)28-15-11-19(3)12-16-28/h17-20H,4-16H2,1-3H3. The van der Waals surface area contributed by atoms with E-state index in [1.165, 1.54) is 57.8 Å². The molecule has 3 aliphatic rings. The second-order valence-electron chi connectivity index (χ2n) is 9.94. The Kier molecular flexibility index (Phi) is 6.37. The molecule has 5 heteroatoms. The summed E-state index contributed by atoms with van der Waals surface area (Å²) >= 11 is 0. The molecule has 0 spiro atoms. The fourth-order valence-corrected chi connectivity index (χ4v) is 5.00. The summed E-state index contributed by atoms with van der Waals surface area (Å²) in [6.45, 7) is 11.5. The fourth-order valence-electron chi connectivity index (χ4n) is 5.00. The molecule has 2 saturated heterocycles. The minimum atomic E-state index is 0.512. The van der Waals surface area contributed by atoms with Gasteiger partial charge in [0.15, 0.2) is 0 Å². The van der Waals surface area contributed by atoms with Crippen LogP contribution in [0.25, 0.3) is 0 Å². The van der Waals surface area contributed by atoms with Crippen molar-refractivity contribution in [2.75, 3.05) is 36.0 Å². The fraction of sp³-hybridized carbons (Fsp3) is 0.870. The molecule has 2 unspecified atom stereocenters. The Labute approximate surface area is 171 Å². The molecule has 0 amide bonds.